The lowest BCUT2D eigenvalue weighted by Gasteiger charge is -2.31. The van der Waals surface area contributed by atoms with Gasteiger partial charge in [0, 0.05) is 31.8 Å². The van der Waals surface area contributed by atoms with Crippen molar-refractivity contribution in [2.45, 2.75) is 37.5 Å². The van der Waals surface area contributed by atoms with E-state index in [4.69, 9.17) is 5.11 Å². The second kappa shape index (κ2) is 4.57. The van der Waals surface area contributed by atoms with E-state index < -0.39 is 0 Å². The largest absolute Gasteiger partial charge is 0.396 e. The van der Waals surface area contributed by atoms with Crippen molar-refractivity contribution in [3.63, 3.8) is 0 Å². The zero-order chi connectivity index (χ0) is 9.97. The van der Waals surface area contributed by atoms with Crippen molar-refractivity contribution in [1.29, 1.82) is 0 Å². The molecule has 0 radical (unpaired) electrons. The minimum atomic E-state index is -0.228. The number of aliphatic hydroxyl groups excluding tert-OH is 2. The Labute approximate surface area is 84.9 Å². The van der Waals surface area contributed by atoms with Gasteiger partial charge in [-0.3, -0.25) is 4.90 Å². The molecule has 0 spiro atoms. The quantitative estimate of drug-likeness (QED) is 0.556. The average molecular weight is 200 g/mol. The summed E-state index contributed by atoms with van der Waals surface area (Å²) >= 11 is 0. The Bertz CT molecular complexity index is 189. The standard InChI is InChI=1S/C10H20N2O2/c13-5-3-8-2-1-4-12(8)9-6-11-7-10(9)14/h8-11,13-14H,1-7H2/t8?,9-,10-/m1/s1. The van der Waals surface area contributed by atoms with Crippen LogP contribution in [0.1, 0.15) is 19.3 Å². The maximum atomic E-state index is 9.77. The third-order valence-electron chi connectivity index (χ3n) is 3.46. The van der Waals surface area contributed by atoms with Crippen molar-refractivity contribution in [2.24, 2.45) is 0 Å². The Kier molecular flexibility index (Phi) is 3.38. The number of aliphatic hydroxyl groups is 2. The van der Waals surface area contributed by atoms with Crippen molar-refractivity contribution in [3.05, 3.63) is 0 Å². The van der Waals surface area contributed by atoms with Crippen molar-refractivity contribution >= 4 is 0 Å². The van der Waals surface area contributed by atoms with E-state index in [1.54, 1.807) is 0 Å². The van der Waals surface area contributed by atoms with Gasteiger partial charge >= 0.3 is 0 Å². The molecule has 2 aliphatic heterocycles. The van der Waals surface area contributed by atoms with E-state index in [0.29, 0.717) is 12.6 Å². The molecule has 2 heterocycles. The second-order valence-electron chi connectivity index (χ2n) is 4.34. The highest BCUT2D eigenvalue weighted by Gasteiger charge is 2.36. The van der Waals surface area contributed by atoms with Crippen molar-refractivity contribution in [2.75, 3.05) is 26.2 Å². The third kappa shape index (κ3) is 1.93. The molecule has 3 N–H and O–H groups in total. The van der Waals surface area contributed by atoms with Crippen LogP contribution in [0, 0.1) is 0 Å². The van der Waals surface area contributed by atoms with Crippen LogP contribution in [-0.4, -0.2) is 59.5 Å². The lowest BCUT2D eigenvalue weighted by atomic mass is 10.1. The first kappa shape index (κ1) is 10.4. The molecule has 0 aliphatic carbocycles. The van der Waals surface area contributed by atoms with E-state index in [-0.39, 0.29) is 18.8 Å². The molecule has 82 valence electrons. The predicted molar refractivity (Wildman–Crippen MR) is 54.1 cm³/mol. The number of nitrogens with one attached hydrogen (secondary N) is 1. The highest BCUT2D eigenvalue weighted by molar-refractivity contribution is 4.93. The van der Waals surface area contributed by atoms with Crippen LogP contribution in [0.3, 0.4) is 0 Å². The number of nitrogens with zero attached hydrogens (tertiary/aromatic N) is 1. The van der Waals surface area contributed by atoms with Crippen LogP contribution >= 0.6 is 0 Å². The van der Waals surface area contributed by atoms with Crippen LogP contribution in [0.2, 0.25) is 0 Å². The Morgan fingerprint density at radius 2 is 2.21 bits per heavy atom. The third-order valence-corrected chi connectivity index (χ3v) is 3.46. The van der Waals surface area contributed by atoms with Gasteiger partial charge in [-0.2, -0.15) is 0 Å². The van der Waals surface area contributed by atoms with Gasteiger partial charge in [0.05, 0.1) is 6.10 Å². The summed E-state index contributed by atoms with van der Waals surface area (Å²) in [6.45, 7) is 2.95. The molecular weight excluding hydrogens is 180 g/mol. The Morgan fingerprint density at radius 1 is 1.36 bits per heavy atom. The first-order valence-electron chi connectivity index (χ1n) is 5.58. The van der Waals surface area contributed by atoms with Crippen LogP contribution in [0.4, 0.5) is 0 Å². The van der Waals surface area contributed by atoms with E-state index in [1.165, 1.54) is 12.8 Å². The average Bonchev–Trinajstić information content (AvgIpc) is 2.74. The number of hydrogen-bond acceptors (Lipinski definition) is 4. The van der Waals surface area contributed by atoms with E-state index in [2.05, 4.69) is 10.2 Å². The first-order chi connectivity index (χ1) is 6.83. The molecule has 4 heteroatoms. The maximum Gasteiger partial charge on any atom is 0.0831 e. The molecule has 2 saturated heterocycles. The van der Waals surface area contributed by atoms with Gasteiger partial charge in [-0.15, -0.1) is 0 Å². The molecule has 0 aromatic carbocycles. The number of hydrogen-bond donors (Lipinski definition) is 3. The SMILES string of the molecule is OCCC1CCCN1[C@@H]1CNC[C@H]1O. The molecule has 0 aromatic heterocycles. The Morgan fingerprint density at radius 3 is 2.86 bits per heavy atom. The predicted octanol–water partition coefficient (Wildman–Crippen LogP) is -0.834. The van der Waals surface area contributed by atoms with Crippen LogP contribution in [0.15, 0.2) is 0 Å². The molecule has 0 aromatic rings. The van der Waals surface area contributed by atoms with E-state index in [0.717, 1.165) is 19.5 Å². The fraction of sp³-hybridized carbons (Fsp3) is 1.00. The molecule has 2 aliphatic rings. The summed E-state index contributed by atoms with van der Waals surface area (Å²) < 4.78 is 0. The van der Waals surface area contributed by atoms with Crippen LogP contribution in [-0.2, 0) is 0 Å². The Balaban J connectivity index is 1.94. The van der Waals surface area contributed by atoms with Gasteiger partial charge < -0.3 is 15.5 Å². The van der Waals surface area contributed by atoms with Crippen LogP contribution in [0.25, 0.3) is 0 Å². The topological polar surface area (TPSA) is 55.7 Å². The van der Waals surface area contributed by atoms with Crippen LogP contribution in [0.5, 0.6) is 0 Å². The zero-order valence-electron chi connectivity index (χ0n) is 8.52. The van der Waals surface area contributed by atoms with Gasteiger partial charge in [0.15, 0.2) is 0 Å². The first-order valence-corrected chi connectivity index (χ1v) is 5.58. The molecule has 1 unspecified atom stereocenters. The summed E-state index contributed by atoms with van der Waals surface area (Å²) in [5, 5.41) is 21.9. The number of β-amino-alcohol motifs (C(OH)–C–C–N with tert-alkyl or cyclic N) is 1. The molecule has 0 bridgehead atoms. The number of rotatable bonds is 3. The van der Waals surface area contributed by atoms with Crippen molar-refractivity contribution in [3.8, 4) is 0 Å². The molecule has 0 saturated carbocycles. The van der Waals surface area contributed by atoms with Gasteiger partial charge in [0.1, 0.15) is 0 Å². The highest BCUT2D eigenvalue weighted by atomic mass is 16.3. The van der Waals surface area contributed by atoms with E-state index in [9.17, 15) is 5.11 Å². The van der Waals surface area contributed by atoms with Gasteiger partial charge in [0.2, 0.25) is 0 Å². The summed E-state index contributed by atoms with van der Waals surface area (Å²) in [6, 6.07) is 0.758. The summed E-state index contributed by atoms with van der Waals surface area (Å²) in [7, 11) is 0. The summed E-state index contributed by atoms with van der Waals surface area (Å²) in [4.78, 5) is 2.38. The summed E-state index contributed by atoms with van der Waals surface area (Å²) in [5.41, 5.74) is 0. The fourth-order valence-corrected chi connectivity index (χ4v) is 2.74. The normalized spacial score (nSPS) is 39.4. The van der Waals surface area contributed by atoms with Gasteiger partial charge in [0.25, 0.3) is 0 Å². The lowest BCUT2D eigenvalue weighted by Crippen LogP contribution is -2.46. The minimum absolute atomic E-state index is 0.228. The monoisotopic (exact) mass is 200 g/mol. The molecule has 4 nitrogen and oxygen atoms in total. The summed E-state index contributed by atoms with van der Waals surface area (Å²) in [6.07, 6.45) is 3.00. The molecule has 2 fully saturated rings. The maximum absolute atomic E-state index is 9.77. The van der Waals surface area contributed by atoms with Crippen LogP contribution < -0.4 is 5.32 Å². The molecule has 2 rings (SSSR count). The van der Waals surface area contributed by atoms with Crippen molar-refractivity contribution < 1.29 is 10.2 Å². The highest BCUT2D eigenvalue weighted by Crippen LogP contribution is 2.24. The van der Waals surface area contributed by atoms with Gasteiger partial charge in [-0.1, -0.05) is 0 Å². The zero-order valence-corrected chi connectivity index (χ0v) is 8.52. The number of likely N-dealkylation sites (tertiary alicyclic amines) is 1. The molecule has 0 amide bonds. The van der Waals surface area contributed by atoms with E-state index >= 15 is 0 Å². The minimum Gasteiger partial charge on any atom is -0.396 e. The molecule has 3 atom stereocenters. The Hall–Kier alpha value is -0.160. The molecule has 14 heavy (non-hydrogen) atoms. The van der Waals surface area contributed by atoms with Gasteiger partial charge in [-0.05, 0) is 25.8 Å². The smallest absolute Gasteiger partial charge is 0.0831 e. The summed E-state index contributed by atoms with van der Waals surface area (Å²) in [5.74, 6) is 0. The van der Waals surface area contributed by atoms with Crippen molar-refractivity contribution in [1.82, 2.24) is 10.2 Å². The lowest BCUT2D eigenvalue weighted by molar-refractivity contribution is 0.0671. The fourth-order valence-electron chi connectivity index (χ4n) is 2.74. The molecular formula is C10H20N2O2. The second-order valence-corrected chi connectivity index (χ2v) is 4.34. The van der Waals surface area contributed by atoms with E-state index in [1.807, 2.05) is 0 Å². The van der Waals surface area contributed by atoms with Gasteiger partial charge in [-0.25, -0.2) is 0 Å².